The largest absolute Gasteiger partial charge is 0.467 e. The number of anilines is 1. The highest BCUT2D eigenvalue weighted by Gasteiger charge is 2.08. The van der Waals surface area contributed by atoms with E-state index in [2.05, 4.69) is 35.6 Å². The van der Waals surface area contributed by atoms with Crippen molar-refractivity contribution in [3.05, 3.63) is 6.33 Å². The fourth-order valence-electron chi connectivity index (χ4n) is 0.869. The summed E-state index contributed by atoms with van der Waals surface area (Å²) in [6.07, 6.45) is 1.39. The van der Waals surface area contributed by atoms with E-state index < -0.39 is 0 Å². The van der Waals surface area contributed by atoms with Gasteiger partial charge in [0.25, 0.3) is 0 Å². The summed E-state index contributed by atoms with van der Waals surface area (Å²) >= 11 is 1.19. The Morgan fingerprint density at radius 1 is 1.44 bits per heavy atom. The van der Waals surface area contributed by atoms with Crippen LogP contribution < -0.4 is 16.0 Å². The lowest BCUT2D eigenvalue weighted by Gasteiger charge is -2.03. The number of H-pyrrole nitrogens is 1. The highest BCUT2D eigenvalue weighted by atomic mass is 32.2. The van der Waals surface area contributed by atoms with Crippen LogP contribution in [-0.2, 0) is 0 Å². The third-order valence-corrected chi connectivity index (χ3v) is 2.24. The molecule has 0 aliphatic carbocycles. The molecular weight excluding hydrogens is 232 g/mol. The van der Waals surface area contributed by atoms with Crippen LogP contribution in [0, 0.1) is 0 Å². The number of hydrazine groups is 1. The van der Waals surface area contributed by atoms with Crippen molar-refractivity contribution in [2.45, 2.75) is 10.3 Å². The van der Waals surface area contributed by atoms with Crippen molar-refractivity contribution in [2.24, 2.45) is 5.84 Å². The Labute approximate surface area is 94.2 Å². The molecule has 9 nitrogen and oxygen atoms in total. The van der Waals surface area contributed by atoms with Gasteiger partial charge >= 0.3 is 6.01 Å². The van der Waals surface area contributed by atoms with Crippen LogP contribution >= 0.6 is 11.8 Å². The Morgan fingerprint density at radius 2 is 2.31 bits per heavy atom. The molecular formula is C6H8N8OS. The molecule has 0 radical (unpaired) electrons. The predicted octanol–water partition coefficient (Wildman–Crippen LogP) is -0.565. The van der Waals surface area contributed by atoms with Gasteiger partial charge in [0, 0.05) is 0 Å². The molecule has 16 heavy (non-hydrogen) atoms. The normalized spacial score (nSPS) is 10.1. The first-order chi connectivity index (χ1) is 7.81. The number of rotatable bonds is 4. The van der Waals surface area contributed by atoms with Gasteiger partial charge in [0.2, 0.25) is 11.1 Å². The highest BCUT2D eigenvalue weighted by molar-refractivity contribution is 7.99. The number of aromatic amines is 1. The molecule has 0 saturated carbocycles. The van der Waals surface area contributed by atoms with Crippen molar-refractivity contribution >= 4 is 17.7 Å². The number of nitrogen functional groups attached to an aromatic ring is 1. The van der Waals surface area contributed by atoms with Crippen molar-refractivity contribution < 1.29 is 4.74 Å². The lowest BCUT2D eigenvalue weighted by molar-refractivity contribution is 0.373. The zero-order valence-electron chi connectivity index (χ0n) is 8.21. The summed E-state index contributed by atoms with van der Waals surface area (Å²) in [5, 5.41) is 7.34. The van der Waals surface area contributed by atoms with Crippen LogP contribution in [0.15, 0.2) is 16.6 Å². The van der Waals surface area contributed by atoms with E-state index in [0.717, 1.165) is 0 Å². The summed E-state index contributed by atoms with van der Waals surface area (Å²) in [6.45, 7) is 0. The second-order valence-corrected chi connectivity index (χ2v) is 3.42. The quantitative estimate of drug-likeness (QED) is 0.475. The third kappa shape index (κ3) is 2.35. The number of nitrogens with zero attached hydrogens (tertiary/aromatic N) is 5. The molecule has 0 atom stereocenters. The molecule has 0 aliphatic heterocycles. The Hall–Kier alpha value is -1.94. The molecule has 2 aromatic rings. The number of methoxy groups -OCH3 is 1. The maximum atomic E-state index is 5.21. The maximum absolute atomic E-state index is 5.21. The average Bonchev–Trinajstić information content (AvgIpc) is 2.81. The van der Waals surface area contributed by atoms with Crippen molar-refractivity contribution in [2.75, 3.05) is 12.5 Å². The monoisotopic (exact) mass is 240 g/mol. The number of nitrogens with two attached hydrogens (primary N) is 1. The van der Waals surface area contributed by atoms with Gasteiger partial charge in [-0.15, -0.1) is 0 Å². The van der Waals surface area contributed by atoms with Crippen LogP contribution in [-0.4, -0.2) is 37.2 Å². The smallest absolute Gasteiger partial charge is 0.322 e. The molecule has 0 spiro atoms. The van der Waals surface area contributed by atoms with Gasteiger partial charge in [-0.2, -0.15) is 20.1 Å². The van der Waals surface area contributed by atoms with Crippen molar-refractivity contribution in [3.8, 4) is 6.01 Å². The van der Waals surface area contributed by atoms with E-state index in [1.54, 1.807) is 0 Å². The number of ether oxygens (including phenoxy) is 1. The van der Waals surface area contributed by atoms with E-state index in [1.807, 2.05) is 0 Å². The van der Waals surface area contributed by atoms with E-state index in [9.17, 15) is 0 Å². The van der Waals surface area contributed by atoms with E-state index >= 15 is 0 Å². The van der Waals surface area contributed by atoms with Crippen LogP contribution in [0.2, 0.25) is 0 Å². The lowest BCUT2D eigenvalue weighted by Crippen LogP contribution is -2.12. The standard InChI is InChI=1S/C6H8N8OS/c1-15-4-10-3(13-7)11-6(12-4)16-5-8-2-9-14-5/h2H,7H2,1H3,(H,8,9,14)(H,10,11,12,13). The van der Waals surface area contributed by atoms with Crippen LogP contribution in [0.5, 0.6) is 6.01 Å². The summed E-state index contributed by atoms with van der Waals surface area (Å²) in [7, 11) is 1.46. The van der Waals surface area contributed by atoms with E-state index in [4.69, 9.17) is 10.6 Å². The van der Waals surface area contributed by atoms with Gasteiger partial charge < -0.3 is 4.74 Å². The Morgan fingerprint density at radius 3 is 2.94 bits per heavy atom. The second-order valence-electron chi connectivity index (χ2n) is 2.47. The average molecular weight is 240 g/mol. The second kappa shape index (κ2) is 4.72. The van der Waals surface area contributed by atoms with Crippen LogP contribution in [0.25, 0.3) is 0 Å². The summed E-state index contributed by atoms with van der Waals surface area (Å²) in [5.74, 6) is 5.43. The predicted molar refractivity (Wildman–Crippen MR) is 54.7 cm³/mol. The topological polar surface area (TPSA) is 128 Å². The van der Waals surface area contributed by atoms with Gasteiger partial charge in [-0.05, 0) is 11.8 Å². The molecule has 0 fully saturated rings. The number of hydrogen-bond acceptors (Lipinski definition) is 9. The van der Waals surface area contributed by atoms with Crippen molar-refractivity contribution in [1.29, 1.82) is 0 Å². The number of hydrogen-bond donors (Lipinski definition) is 3. The summed E-state index contributed by atoms with van der Waals surface area (Å²) in [5.41, 5.74) is 2.32. The molecule has 0 amide bonds. The first kappa shape index (κ1) is 10.6. The minimum absolute atomic E-state index is 0.171. The minimum atomic E-state index is 0.171. The van der Waals surface area contributed by atoms with Crippen molar-refractivity contribution in [1.82, 2.24) is 30.1 Å². The van der Waals surface area contributed by atoms with Crippen LogP contribution in [0.3, 0.4) is 0 Å². The number of aromatic nitrogens is 6. The molecule has 0 unspecified atom stereocenters. The molecule has 0 bridgehead atoms. The Balaban J connectivity index is 2.26. The van der Waals surface area contributed by atoms with E-state index in [0.29, 0.717) is 10.3 Å². The fourth-order valence-corrected chi connectivity index (χ4v) is 1.50. The molecule has 0 aliphatic rings. The molecule has 0 saturated heterocycles. The zero-order chi connectivity index (χ0) is 11.4. The van der Waals surface area contributed by atoms with Gasteiger partial charge in [-0.1, -0.05) is 0 Å². The minimum Gasteiger partial charge on any atom is -0.467 e. The van der Waals surface area contributed by atoms with Crippen molar-refractivity contribution in [3.63, 3.8) is 0 Å². The summed E-state index contributed by atoms with van der Waals surface area (Å²) in [4.78, 5) is 15.8. The molecule has 2 rings (SSSR count). The van der Waals surface area contributed by atoms with Crippen LogP contribution in [0.4, 0.5) is 5.95 Å². The molecule has 2 heterocycles. The lowest BCUT2D eigenvalue weighted by atomic mass is 10.9. The molecule has 84 valence electrons. The van der Waals surface area contributed by atoms with E-state index in [-0.39, 0.29) is 12.0 Å². The van der Waals surface area contributed by atoms with Gasteiger partial charge in [-0.3, -0.25) is 10.5 Å². The van der Waals surface area contributed by atoms with Gasteiger partial charge in [0.1, 0.15) is 6.33 Å². The fraction of sp³-hybridized carbons (Fsp3) is 0.167. The molecule has 2 aromatic heterocycles. The third-order valence-electron chi connectivity index (χ3n) is 1.49. The Kier molecular flexibility index (Phi) is 3.12. The maximum Gasteiger partial charge on any atom is 0.322 e. The highest BCUT2D eigenvalue weighted by Crippen LogP contribution is 2.22. The molecule has 10 heteroatoms. The summed E-state index contributed by atoms with van der Waals surface area (Å²) < 4.78 is 4.90. The van der Waals surface area contributed by atoms with Gasteiger partial charge in [0.15, 0.2) is 5.16 Å². The Bertz CT molecular complexity index is 437. The molecule has 0 aromatic carbocycles. The first-order valence-electron chi connectivity index (χ1n) is 4.11. The van der Waals surface area contributed by atoms with Gasteiger partial charge in [0.05, 0.1) is 7.11 Å². The number of nitrogens with one attached hydrogen (secondary N) is 2. The SMILES string of the molecule is COc1nc(NN)nc(Sc2ncn[nH]2)n1. The van der Waals surface area contributed by atoms with Crippen LogP contribution in [0.1, 0.15) is 0 Å². The van der Waals surface area contributed by atoms with E-state index in [1.165, 1.54) is 25.2 Å². The zero-order valence-corrected chi connectivity index (χ0v) is 9.02. The molecule has 4 N–H and O–H groups in total. The van der Waals surface area contributed by atoms with Gasteiger partial charge in [-0.25, -0.2) is 10.8 Å². The first-order valence-corrected chi connectivity index (χ1v) is 4.93. The summed E-state index contributed by atoms with van der Waals surface area (Å²) in [6, 6.07) is 0.171.